The second-order valence-electron chi connectivity index (χ2n) is 5.06. The number of ketones is 1. The van der Waals surface area contributed by atoms with E-state index >= 15 is 0 Å². The molecule has 0 fully saturated rings. The Bertz CT molecular complexity index is 868. The third-order valence-corrected chi connectivity index (χ3v) is 5.32. The minimum atomic E-state index is -1.04. The highest BCUT2D eigenvalue weighted by Crippen LogP contribution is 2.30. The van der Waals surface area contributed by atoms with Gasteiger partial charge in [0, 0.05) is 5.56 Å². The van der Waals surface area contributed by atoms with E-state index in [-0.39, 0.29) is 11.3 Å². The average Bonchev–Trinajstić information content (AvgIpc) is 3.26. The van der Waals surface area contributed by atoms with Gasteiger partial charge in [-0.2, -0.15) is 0 Å². The van der Waals surface area contributed by atoms with Crippen molar-refractivity contribution >= 4 is 34.0 Å². The molecule has 1 aromatic carbocycles. The molecule has 0 aliphatic rings. The summed E-state index contributed by atoms with van der Waals surface area (Å²) in [5.41, 5.74) is 0.125. The van der Waals surface area contributed by atoms with Crippen LogP contribution < -0.4 is 5.32 Å². The number of rotatable bonds is 7. The van der Waals surface area contributed by atoms with E-state index in [1.165, 1.54) is 29.2 Å². The number of thioether (sulfide) groups is 1. The van der Waals surface area contributed by atoms with Gasteiger partial charge in [-0.3, -0.25) is 4.79 Å². The molecule has 1 atom stereocenters. The first-order valence-electron chi connectivity index (χ1n) is 7.28. The van der Waals surface area contributed by atoms with Gasteiger partial charge in [0.1, 0.15) is 5.76 Å². The lowest BCUT2D eigenvalue weighted by atomic mass is 10.1. The predicted molar refractivity (Wildman–Crippen MR) is 92.0 cm³/mol. The summed E-state index contributed by atoms with van der Waals surface area (Å²) in [7, 11) is 0. The third kappa shape index (κ3) is 4.43. The van der Waals surface area contributed by atoms with Crippen molar-refractivity contribution in [2.75, 3.05) is 5.32 Å². The number of carbonyl (C=O) groups excluding carboxylic acids is 1. The lowest BCUT2D eigenvalue weighted by Crippen LogP contribution is -2.13. The second kappa shape index (κ2) is 7.75. The minimum Gasteiger partial charge on any atom is -0.467 e. The van der Waals surface area contributed by atoms with Gasteiger partial charge in [-0.25, -0.2) is 8.78 Å². The molecule has 3 aromatic rings. The molecule has 0 radical (unpaired) electrons. The van der Waals surface area contributed by atoms with Crippen LogP contribution in [0, 0.1) is 11.6 Å². The summed E-state index contributed by atoms with van der Waals surface area (Å²) < 4.78 is 32.0. The fraction of sp³-hybridized carbons (Fsp3) is 0.188. The highest BCUT2D eigenvalue weighted by molar-refractivity contribution is 8.02. The van der Waals surface area contributed by atoms with Crippen LogP contribution in [-0.4, -0.2) is 21.2 Å². The molecule has 0 spiro atoms. The number of anilines is 1. The highest BCUT2D eigenvalue weighted by Gasteiger charge is 2.20. The zero-order chi connectivity index (χ0) is 17.8. The summed E-state index contributed by atoms with van der Waals surface area (Å²) in [6, 6.07) is 6.76. The molecule has 0 saturated heterocycles. The van der Waals surface area contributed by atoms with Gasteiger partial charge >= 0.3 is 0 Å². The third-order valence-electron chi connectivity index (χ3n) is 3.25. The summed E-state index contributed by atoms with van der Waals surface area (Å²) >= 11 is 2.52. The summed E-state index contributed by atoms with van der Waals surface area (Å²) in [5, 5.41) is 11.2. The van der Waals surface area contributed by atoms with E-state index in [0.29, 0.717) is 16.0 Å². The van der Waals surface area contributed by atoms with Crippen molar-refractivity contribution < 1.29 is 18.0 Å². The Morgan fingerprint density at radius 3 is 2.88 bits per heavy atom. The maximum atomic E-state index is 13.3. The van der Waals surface area contributed by atoms with Gasteiger partial charge < -0.3 is 9.73 Å². The lowest BCUT2D eigenvalue weighted by Gasteiger charge is -2.08. The van der Waals surface area contributed by atoms with Crippen molar-refractivity contribution in [3.05, 3.63) is 59.6 Å². The van der Waals surface area contributed by atoms with Gasteiger partial charge in [-0.05, 0) is 37.3 Å². The number of hydrogen-bond donors (Lipinski definition) is 1. The van der Waals surface area contributed by atoms with E-state index in [0.717, 1.165) is 17.9 Å². The summed E-state index contributed by atoms with van der Waals surface area (Å²) in [4.78, 5) is 12.3. The molecule has 5 nitrogen and oxygen atoms in total. The van der Waals surface area contributed by atoms with Crippen molar-refractivity contribution in [2.24, 2.45) is 0 Å². The van der Waals surface area contributed by atoms with Crippen LogP contribution in [0.3, 0.4) is 0 Å². The Hall–Kier alpha value is -2.26. The van der Waals surface area contributed by atoms with Crippen molar-refractivity contribution in [3.63, 3.8) is 0 Å². The molecule has 2 aromatic heterocycles. The Balaban J connectivity index is 1.59. The topological polar surface area (TPSA) is 68.0 Å². The molecule has 0 aliphatic heterocycles. The molecule has 2 heterocycles. The number of aromatic nitrogens is 2. The molecule has 3 rings (SSSR count). The average molecular weight is 381 g/mol. The smallest absolute Gasteiger partial charge is 0.206 e. The second-order valence-corrected chi connectivity index (χ2v) is 7.62. The molecule has 0 unspecified atom stereocenters. The number of carbonyl (C=O) groups is 1. The molecule has 25 heavy (non-hydrogen) atoms. The molecule has 0 saturated carbocycles. The van der Waals surface area contributed by atoms with Crippen LogP contribution >= 0.6 is 23.1 Å². The van der Waals surface area contributed by atoms with Gasteiger partial charge in [0.25, 0.3) is 0 Å². The monoisotopic (exact) mass is 381 g/mol. The predicted octanol–water partition coefficient (Wildman–Crippen LogP) is 4.38. The van der Waals surface area contributed by atoms with E-state index in [2.05, 4.69) is 15.5 Å². The number of Topliss-reactive ketones (excluding diaryl/α,β-unsaturated/α-hetero) is 1. The van der Waals surface area contributed by atoms with E-state index in [1.807, 2.05) is 6.07 Å². The van der Waals surface area contributed by atoms with Gasteiger partial charge in [-0.15, -0.1) is 10.2 Å². The van der Waals surface area contributed by atoms with Crippen molar-refractivity contribution in [2.45, 2.75) is 23.1 Å². The fourth-order valence-corrected chi connectivity index (χ4v) is 3.96. The first-order valence-corrected chi connectivity index (χ1v) is 8.98. The first kappa shape index (κ1) is 17.6. The molecule has 0 amide bonds. The number of nitrogens with zero attached hydrogens (tertiary/aromatic N) is 2. The van der Waals surface area contributed by atoms with E-state index in [9.17, 15) is 13.6 Å². The molecule has 0 aliphatic carbocycles. The molecule has 0 bridgehead atoms. The number of furan rings is 1. The van der Waals surface area contributed by atoms with Gasteiger partial charge in [0.2, 0.25) is 5.13 Å². The molecule has 9 heteroatoms. The van der Waals surface area contributed by atoms with Gasteiger partial charge in [0.15, 0.2) is 21.8 Å². The van der Waals surface area contributed by atoms with Crippen LogP contribution in [0.1, 0.15) is 23.0 Å². The van der Waals surface area contributed by atoms with Crippen LogP contribution in [0.25, 0.3) is 0 Å². The molecular formula is C16H13F2N3O2S2. The number of nitrogens with one attached hydrogen (secondary N) is 1. The zero-order valence-electron chi connectivity index (χ0n) is 13.0. The van der Waals surface area contributed by atoms with Crippen molar-refractivity contribution in [1.29, 1.82) is 0 Å². The van der Waals surface area contributed by atoms with Crippen molar-refractivity contribution in [3.8, 4) is 0 Å². The highest BCUT2D eigenvalue weighted by atomic mass is 32.2. The van der Waals surface area contributed by atoms with E-state index in [1.54, 1.807) is 19.3 Å². The Morgan fingerprint density at radius 1 is 1.32 bits per heavy atom. The molecule has 1 N–H and O–H groups in total. The Labute approximate surface area is 150 Å². The molecular weight excluding hydrogens is 368 g/mol. The summed E-state index contributed by atoms with van der Waals surface area (Å²) in [5.74, 6) is -1.55. The van der Waals surface area contributed by atoms with Crippen LogP contribution in [0.4, 0.5) is 13.9 Å². The SMILES string of the molecule is C[C@H](Sc1nnc(NCc2ccco2)s1)C(=O)c1ccc(F)c(F)c1. The zero-order valence-corrected chi connectivity index (χ0v) is 14.7. The number of halogens is 2. The van der Waals surface area contributed by atoms with Gasteiger partial charge in [-0.1, -0.05) is 23.1 Å². The maximum Gasteiger partial charge on any atom is 0.206 e. The van der Waals surface area contributed by atoms with Crippen LogP contribution in [0.15, 0.2) is 45.4 Å². The quantitative estimate of drug-likeness (QED) is 0.484. The van der Waals surface area contributed by atoms with Gasteiger partial charge in [0.05, 0.1) is 18.1 Å². The Kier molecular flexibility index (Phi) is 5.44. The van der Waals surface area contributed by atoms with E-state index in [4.69, 9.17) is 4.42 Å². The minimum absolute atomic E-state index is 0.125. The standard InChI is InChI=1S/C16H13F2N3O2S2/c1-9(14(22)10-4-5-12(17)13(18)7-10)24-16-21-20-15(25-16)19-8-11-3-2-6-23-11/h2-7,9H,8H2,1H3,(H,19,20)/t9-/m0/s1. The van der Waals surface area contributed by atoms with E-state index < -0.39 is 16.9 Å². The van der Waals surface area contributed by atoms with Crippen LogP contribution in [0.2, 0.25) is 0 Å². The largest absolute Gasteiger partial charge is 0.467 e. The molecule has 130 valence electrons. The summed E-state index contributed by atoms with van der Waals surface area (Å²) in [6.45, 7) is 2.17. The van der Waals surface area contributed by atoms with Crippen molar-refractivity contribution in [1.82, 2.24) is 10.2 Å². The number of hydrogen-bond acceptors (Lipinski definition) is 7. The fourth-order valence-electron chi connectivity index (χ4n) is 1.99. The Morgan fingerprint density at radius 2 is 2.16 bits per heavy atom. The number of benzene rings is 1. The maximum absolute atomic E-state index is 13.3. The lowest BCUT2D eigenvalue weighted by molar-refractivity contribution is 0.0993. The normalized spacial score (nSPS) is 12.1. The first-order chi connectivity index (χ1) is 12.0. The summed E-state index contributed by atoms with van der Waals surface area (Å²) in [6.07, 6.45) is 1.59. The van der Waals surface area contributed by atoms with Crippen LogP contribution in [0.5, 0.6) is 0 Å². The van der Waals surface area contributed by atoms with Crippen LogP contribution in [-0.2, 0) is 6.54 Å².